The van der Waals surface area contributed by atoms with Crippen LogP contribution in [0, 0.1) is 5.92 Å². The molecule has 0 saturated heterocycles. The summed E-state index contributed by atoms with van der Waals surface area (Å²) in [7, 11) is 0. The molecule has 1 aromatic rings. The van der Waals surface area contributed by atoms with Crippen molar-refractivity contribution < 1.29 is 9.90 Å². The van der Waals surface area contributed by atoms with Crippen molar-refractivity contribution in [2.24, 2.45) is 11.7 Å². The summed E-state index contributed by atoms with van der Waals surface area (Å²) in [4.78, 5) is 11.0. The van der Waals surface area contributed by atoms with Crippen LogP contribution in [0.25, 0.3) is 0 Å². The van der Waals surface area contributed by atoms with Gasteiger partial charge in [0.1, 0.15) is 0 Å². The Morgan fingerprint density at radius 2 is 2.24 bits per heavy atom. The van der Waals surface area contributed by atoms with E-state index in [1.165, 1.54) is 0 Å². The Hall–Kier alpha value is -1.39. The number of benzene rings is 1. The van der Waals surface area contributed by atoms with E-state index in [2.05, 4.69) is 5.32 Å². The largest absolute Gasteiger partial charge is 0.393 e. The van der Waals surface area contributed by atoms with Crippen molar-refractivity contribution in [3.8, 4) is 0 Å². The van der Waals surface area contributed by atoms with E-state index in [4.69, 9.17) is 10.8 Å². The van der Waals surface area contributed by atoms with Crippen molar-refractivity contribution in [1.82, 2.24) is 5.32 Å². The normalized spacial score (nSPS) is 23.1. The highest BCUT2D eigenvalue weighted by Gasteiger charge is 2.26. The van der Waals surface area contributed by atoms with Gasteiger partial charge >= 0.3 is 0 Å². The third-order valence-corrected chi connectivity index (χ3v) is 3.18. The zero-order chi connectivity index (χ0) is 12.3. The van der Waals surface area contributed by atoms with Crippen LogP contribution < -0.4 is 11.1 Å². The minimum atomic E-state index is -0.394. The lowest BCUT2D eigenvalue weighted by Crippen LogP contribution is -2.35. The molecule has 0 heterocycles. The van der Waals surface area contributed by atoms with Gasteiger partial charge in [0.2, 0.25) is 5.91 Å². The molecule has 4 heteroatoms. The minimum Gasteiger partial charge on any atom is -0.393 e. The number of carbonyl (C=O) groups is 1. The van der Waals surface area contributed by atoms with Crippen LogP contribution in [0.1, 0.15) is 28.8 Å². The zero-order valence-electron chi connectivity index (χ0n) is 9.73. The lowest BCUT2D eigenvalue weighted by molar-refractivity contribution is 0.0429. The molecule has 0 aromatic heterocycles. The number of nitrogens with two attached hydrogens (primary N) is 1. The summed E-state index contributed by atoms with van der Waals surface area (Å²) in [5.41, 5.74) is 6.82. The van der Waals surface area contributed by atoms with E-state index in [1.807, 2.05) is 18.2 Å². The van der Waals surface area contributed by atoms with Crippen LogP contribution in [0.3, 0.4) is 0 Å². The lowest BCUT2D eigenvalue weighted by Gasteiger charge is -2.31. The van der Waals surface area contributed by atoms with Crippen LogP contribution in [-0.2, 0) is 6.54 Å². The predicted molar refractivity (Wildman–Crippen MR) is 65.4 cm³/mol. The van der Waals surface area contributed by atoms with Gasteiger partial charge in [-0.1, -0.05) is 12.1 Å². The maximum atomic E-state index is 11.0. The predicted octanol–water partition coefficient (Wildman–Crippen LogP) is 0.646. The van der Waals surface area contributed by atoms with Crippen LogP contribution in [0.15, 0.2) is 24.3 Å². The molecule has 1 aliphatic carbocycles. The average Bonchev–Trinajstić information content (AvgIpc) is 2.27. The van der Waals surface area contributed by atoms with Gasteiger partial charge < -0.3 is 16.2 Å². The Balaban J connectivity index is 1.78. The highest BCUT2D eigenvalue weighted by Crippen LogP contribution is 2.26. The first-order chi connectivity index (χ1) is 8.15. The number of nitrogens with one attached hydrogen (secondary N) is 1. The molecule has 0 unspecified atom stereocenters. The van der Waals surface area contributed by atoms with Gasteiger partial charge in [0.25, 0.3) is 0 Å². The van der Waals surface area contributed by atoms with Crippen molar-refractivity contribution in [3.05, 3.63) is 35.4 Å². The second-order valence-corrected chi connectivity index (χ2v) is 4.69. The van der Waals surface area contributed by atoms with Gasteiger partial charge in [0.15, 0.2) is 0 Å². The second kappa shape index (κ2) is 5.29. The van der Waals surface area contributed by atoms with Crippen LogP contribution in [0.2, 0.25) is 0 Å². The molecule has 4 N–H and O–H groups in total. The Kier molecular flexibility index (Phi) is 3.76. The number of carbonyl (C=O) groups excluding carboxylic acids is 1. The molecule has 1 aliphatic rings. The Morgan fingerprint density at radius 3 is 2.88 bits per heavy atom. The van der Waals surface area contributed by atoms with Gasteiger partial charge in [-0.15, -0.1) is 0 Å². The van der Waals surface area contributed by atoms with Crippen LogP contribution in [0.5, 0.6) is 0 Å². The third-order valence-electron chi connectivity index (χ3n) is 3.18. The fourth-order valence-electron chi connectivity index (χ4n) is 2.12. The smallest absolute Gasteiger partial charge is 0.248 e. The van der Waals surface area contributed by atoms with Gasteiger partial charge in [-0.25, -0.2) is 0 Å². The molecule has 0 aliphatic heterocycles. The number of hydrogen-bond donors (Lipinski definition) is 3. The van der Waals surface area contributed by atoms with Crippen LogP contribution in [-0.4, -0.2) is 23.7 Å². The Morgan fingerprint density at radius 1 is 1.47 bits per heavy atom. The van der Waals surface area contributed by atoms with Crippen molar-refractivity contribution in [1.29, 1.82) is 0 Å². The monoisotopic (exact) mass is 234 g/mol. The number of primary amides is 1. The molecule has 17 heavy (non-hydrogen) atoms. The van der Waals surface area contributed by atoms with E-state index in [0.717, 1.165) is 31.5 Å². The summed E-state index contributed by atoms with van der Waals surface area (Å²) >= 11 is 0. The highest BCUT2D eigenvalue weighted by atomic mass is 16.3. The fraction of sp³-hybridized carbons (Fsp3) is 0.462. The van der Waals surface area contributed by atoms with Gasteiger partial charge in [0, 0.05) is 12.1 Å². The molecule has 4 nitrogen and oxygen atoms in total. The van der Waals surface area contributed by atoms with E-state index in [1.54, 1.807) is 6.07 Å². The zero-order valence-corrected chi connectivity index (χ0v) is 9.73. The van der Waals surface area contributed by atoms with E-state index in [9.17, 15) is 4.79 Å². The topological polar surface area (TPSA) is 75.4 Å². The summed E-state index contributed by atoms with van der Waals surface area (Å²) in [5, 5.41) is 12.5. The standard InChI is InChI=1S/C13H18N2O2/c14-13(17)11-3-1-2-9(4-11)7-15-8-10-5-12(16)6-10/h1-4,10,12,15-16H,5-8H2,(H2,14,17). The summed E-state index contributed by atoms with van der Waals surface area (Å²) in [6.45, 7) is 1.64. The molecule has 1 fully saturated rings. The molecule has 92 valence electrons. The molecule has 0 atom stereocenters. The molecular weight excluding hydrogens is 216 g/mol. The maximum Gasteiger partial charge on any atom is 0.248 e. The average molecular weight is 234 g/mol. The first-order valence-corrected chi connectivity index (χ1v) is 5.92. The van der Waals surface area contributed by atoms with Crippen molar-refractivity contribution >= 4 is 5.91 Å². The number of rotatable bonds is 5. The SMILES string of the molecule is NC(=O)c1cccc(CNCC2CC(O)C2)c1. The molecular formula is C13H18N2O2. The fourth-order valence-corrected chi connectivity index (χ4v) is 2.12. The van der Waals surface area contributed by atoms with Gasteiger partial charge in [-0.05, 0) is 43.0 Å². The van der Waals surface area contributed by atoms with E-state index in [-0.39, 0.29) is 6.10 Å². The lowest BCUT2D eigenvalue weighted by atomic mass is 9.82. The van der Waals surface area contributed by atoms with Crippen molar-refractivity contribution in [3.63, 3.8) is 0 Å². The van der Waals surface area contributed by atoms with Crippen LogP contribution in [0.4, 0.5) is 0 Å². The Labute approximate surface area is 101 Å². The molecule has 0 radical (unpaired) electrons. The minimum absolute atomic E-state index is 0.0972. The van der Waals surface area contributed by atoms with Crippen molar-refractivity contribution in [2.45, 2.75) is 25.5 Å². The second-order valence-electron chi connectivity index (χ2n) is 4.69. The number of amides is 1. The van der Waals surface area contributed by atoms with Gasteiger partial charge in [-0.3, -0.25) is 4.79 Å². The van der Waals surface area contributed by atoms with Crippen molar-refractivity contribution in [2.75, 3.05) is 6.54 Å². The summed E-state index contributed by atoms with van der Waals surface area (Å²) in [6, 6.07) is 7.33. The number of aliphatic hydroxyl groups is 1. The summed E-state index contributed by atoms with van der Waals surface area (Å²) < 4.78 is 0. The van der Waals surface area contributed by atoms with E-state index in [0.29, 0.717) is 11.5 Å². The van der Waals surface area contributed by atoms with E-state index < -0.39 is 5.91 Å². The van der Waals surface area contributed by atoms with Crippen LogP contribution >= 0.6 is 0 Å². The van der Waals surface area contributed by atoms with Gasteiger partial charge in [0.05, 0.1) is 6.10 Å². The number of aliphatic hydroxyl groups excluding tert-OH is 1. The Bertz CT molecular complexity index is 400. The molecule has 0 bridgehead atoms. The molecule has 0 spiro atoms. The highest BCUT2D eigenvalue weighted by molar-refractivity contribution is 5.92. The molecule has 1 saturated carbocycles. The number of hydrogen-bond acceptors (Lipinski definition) is 3. The van der Waals surface area contributed by atoms with Gasteiger partial charge in [-0.2, -0.15) is 0 Å². The molecule has 2 rings (SSSR count). The molecule has 1 aromatic carbocycles. The first kappa shape index (κ1) is 12.1. The first-order valence-electron chi connectivity index (χ1n) is 5.92. The maximum absolute atomic E-state index is 11.0. The summed E-state index contributed by atoms with van der Waals surface area (Å²) in [5.74, 6) is 0.193. The third kappa shape index (κ3) is 3.28. The molecule has 1 amide bonds. The summed E-state index contributed by atoms with van der Waals surface area (Å²) in [6.07, 6.45) is 1.70. The quantitative estimate of drug-likeness (QED) is 0.700. The van der Waals surface area contributed by atoms with E-state index >= 15 is 0 Å².